The van der Waals surface area contributed by atoms with Gasteiger partial charge in [-0.2, -0.15) is 0 Å². The van der Waals surface area contributed by atoms with E-state index in [1.165, 1.54) is 0 Å². The lowest BCUT2D eigenvalue weighted by Gasteiger charge is -2.06. The summed E-state index contributed by atoms with van der Waals surface area (Å²) in [5.41, 5.74) is 0.894. The van der Waals surface area contributed by atoms with E-state index in [0.717, 1.165) is 5.56 Å². The number of hydrogen-bond acceptors (Lipinski definition) is 5. The fourth-order valence-corrected chi connectivity index (χ4v) is 0.941. The van der Waals surface area contributed by atoms with E-state index in [9.17, 15) is 4.79 Å². The van der Waals surface area contributed by atoms with Gasteiger partial charge >= 0.3 is 6.09 Å². The van der Waals surface area contributed by atoms with Gasteiger partial charge in [0.05, 0.1) is 0 Å². The molecule has 0 heterocycles. The zero-order valence-corrected chi connectivity index (χ0v) is 8.59. The van der Waals surface area contributed by atoms with Gasteiger partial charge in [0.25, 0.3) is 0 Å². The van der Waals surface area contributed by atoms with E-state index in [-0.39, 0.29) is 13.3 Å². The van der Waals surface area contributed by atoms with E-state index in [2.05, 4.69) is 15.1 Å². The maximum atomic E-state index is 11.0. The lowest BCUT2D eigenvalue weighted by Crippen LogP contribution is -2.26. The summed E-state index contributed by atoms with van der Waals surface area (Å²) < 4.78 is 4.86. The molecule has 0 fully saturated rings. The van der Waals surface area contributed by atoms with Crippen LogP contribution in [0, 0.1) is 0 Å². The average Bonchev–Trinajstić information content (AvgIpc) is 2.33. The molecule has 1 aromatic carbocycles. The average molecular weight is 227 g/mol. The van der Waals surface area contributed by atoms with Crippen LogP contribution in [0.1, 0.15) is 5.56 Å². The van der Waals surface area contributed by atoms with E-state index in [1.54, 1.807) is 0 Å². The van der Waals surface area contributed by atoms with Gasteiger partial charge in [0.2, 0.25) is 0 Å². The third kappa shape index (κ3) is 5.30. The highest BCUT2D eigenvalue weighted by Crippen LogP contribution is 2.00. The molecule has 0 saturated carbocycles. The van der Waals surface area contributed by atoms with Gasteiger partial charge < -0.3 is 9.84 Å². The van der Waals surface area contributed by atoms with Crippen molar-refractivity contribution in [3.63, 3.8) is 0 Å². The Hall–Kier alpha value is -1.63. The minimum atomic E-state index is -0.620. The van der Waals surface area contributed by atoms with Crippen LogP contribution in [-0.2, 0) is 21.1 Å². The Morgan fingerprint density at radius 2 is 2.00 bits per heavy atom. The number of carbonyl (C=O) groups excluding carboxylic acids is 1. The molecule has 0 aliphatic heterocycles. The zero-order chi connectivity index (χ0) is 11.6. The van der Waals surface area contributed by atoms with Crippen LogP contribution in [0.2, 0.25) is 0 Å². The molecule has 0 saturated heterocycles. The van der Waals surface area contributed by atoms with E-state index in [0.29, 0.717) is 0 Å². The first-order chi connectivity index (χ1) is 7.83. The molecule has 0 unspecified atom stereocenters. The SMILES string of the molecule is O=C(NCOOCO)OCc1ccccc1. The van der Waals surface area contributed by atoms with Crippen molar-refractivity contribution in [1.29, 1.82) is 0 Å². The molecule has 6 nitrogen and oxygen atoms in total. The number of hydrogen-bond donors (Lipinski definition) is 2. The van der Waals surface area contributed by atoms with Gasteiger partial charge in [-0.1, -0.05) is 30.3 Å². The fraction of sp³-hybridized carbons (Fsp3) is 0.300. The highest BCUT2D eigenvalue weighted by Gasteiger charge is 2.01. The molecule has 1 rings (SSSR count). The Kier molecular flexibility index (Phi) is 5.94. The van der Waals surface area contributed by atoms with Crippen LogP contribution < -0.4 is 5.32 Å². The van der Waals surface area contributed by atoms with Gasteiger partial charge in [-0.25, -0.2) is 14.6 Å². The first-order valence-electron chi connectivity index (χ1n) is 4.62. The minimum Gasteiger partial charge on any atom is -0.445 e. The molecule has 1 amide bonds. The predicted molar refractivity (Wildman–Crippen MR) is 53.9 cm³/mol. The summed E-state index contributed by atoms with van der Waals surface area (Å²) >= 11 is 0. The number of amides is 1. The van der Waals surface area contributed by atoms with Crippen LogP contribution >= 0.6 is 0 Å². The largest absolute Gasteiger partial charge is 0.445 e. The molecule has 1 aromatic rings. The zero-order valence-electron chi connectivity index (χ0n) is 8.59. The number of aliphatic hydroxyl groups excluding tert-OH is 1. The molecule has 0 aromatic heterocycles. The Balaban J connectivity index is 2.11. The number of ether oxygens (including phenoxy) is 1. The maximum absolute atomic E-state index is 11.0. The van der Waals surface area contributed by atoms with Crippen molar-refractivity contribution in [1.82, 2.24) is 5.32 Å². The molecular formula is C10H13NO5. The van der Waals surface area contributed by atoms with Crippen molar-refractivity contribution in [2.24, 2.45) is 0 Å². The first-order valence-corrected chi connectivity index (χ1v) is 4.62. The van der Waals surface area contributed by atoms with Crippen molar-refractivity contribution in [2.45, 2.75) is 6.61 Å². The van der Waals surface area contributed by atoms with Crippen molar-refractivity contribution in [3.8, 4) is 0 Å². The summed E-state index contributed by atoms with van der Waals surface area (Å²) in [6.45, 7) is -0.567. The Morgan fingerprint density at radius 3 is 2.69 bits per heavy atom. The highest BCUT2D eigenvalue weighted by atomic mass is 17.2. The predicted octanol–water partition coefficient (Wildman–Crippen LogP) is 0.768. The number of rotatable bonds is 6. The summed E-state index contributed by atoms with van der Waals surface area (Å²) in [4.78, 5) is 19.5. The monoisotopic (exact) mass is 227 g/mol. The smallest absolute Gasteiger partial charge is 0.409 e. The summed E-state index contributed by atoms with van der Waals surface area (Å²) in [5, 5.41) is 10.5. The molecule has 16 heavy (non-hydrogen) atoms. The second kappa shape index (κ2) is 7.63. The number of alkyl carbamates (subject to hydrolysis) is 1. The van der Waals surface area contributed by atoms with Gasteiger partial charge in [0.1, 0.15) is 6.61 Å². The van der Waals surface area contributed by atoms with Crippen LogP contribution in [0.25, 0.3) is 0 Å². The van der Waals surface area contributed by atoms with E-state index in [4.69, 9.17) is 9.84 Å². The normalized spacial score (nSPS) is 9.81. The second-order valence-corrected chi connectivity index (χ2v) is 2.75. The van der Waals surface area contributed by atoms with Gasteiger partial charge in [-0.05, 0) is 5.56 Å². The van der Waals surface area contributed by atoms with Crippen LogP contribution in [0.3, 0.4) is 0 Å². The molecule has 0 spiro atoms. The lowest BCUT2D eigenvalue weighted by molar-refractivity contribution is -0.330. The Labute approximate surface area is 92.7 Å². The van der Waals surface area contributed by atoms with E-state index < -0.39 is 12.9 Å². The second-order valence-electron chi connectivity index (χ2n) is 2.75. The molecule has 0 bridgehead atoms. The summed E-state index contributed by atoms with van der Waals surface area (Å²) in [7, 11) is 0. The molecule has 0 aliphatic rings. The molecule has 2 N–H and O–H groups in total. The Bertz CT molecular complexity index is 303. The maximum Gasteiger partial charge on any atom is 0.409 e. The van der Waals surface area contributed by atoms with Crippen molar-refractivity contribution >= 4 is 6.09 Å². The highest BCUT2D eigenvalue weighted by molar-refractivity contribution is 5.66. The summed E-state index contributed by atoms with van der Waals surface area (Å²) in [5.74, 6) is 0. The number of carbonyl (C=O) groups is 1. The quantitative estimate of drug-likeness (QED) is 0.325. The van der Waals surface area contributed by atoms with Crippen LogP contribution in [0.5, 0.6) is 0 Å². The van der Waals surface area contributed by atoms with Crippen molar-refractivity contribution in [2.75, 3.05) is 13.5 Å². The lowest BCUT2D eigenvalue weighted by atomic mass is 10.2. The third-order valence-electron chi connectivity index (χ3n) is 1.62. The van der Waals surface area contributed by atoms with E-state index >= 15 is 0 Å². The molecule has 0 atom stereocenters. The van der Waals surface area contributed by atoms with Crippen LogP contribution in [0.15, 0.2) is 30.3 Å². The fourth-order valence-electron chi connectivity index (χ4n) is 0.941. The summed E-state index contributed by atoms with van der Waals surface area (Å²) in [6, 6.07) is 9.28. The molecule has 6 heteroatoms. The van der Waals surface area contributed by atoms with Gasteiger partial charge in [-0.15, -0.1) is 0 Å². The molecule has 88 valence electrons. The van der Waals surface area contributed by atoms with E-state index in [1.807, 2.05) is 30.3 Å². The minimum absolute atomic E-state index is 0.186. The number of aliphatic hydroxyl groups is 1. The van der Waals surface area contributed by atoms with Gasteiger partial charge in [0, 0.05) is 0 Å². The summed E-state index contributed by atoms with van der Waals surface area (Å²) in [6.07, 6.45) is -0.620. The van der Waals surface area contributed by atoms with Gasteiger partial charge in [0.15, 0.2) is 13.5 Å². The number of nitrogens with one attached hydrogen (secondary N) is 1. The van der Waals surface area contributed by atoms with Crippen molar-refractivity contribution < 1.29 is 24.4 Å². The standard InChI is InChI=1S/C10H13NO5/c12-8-16-15-7-11-10(13)14-6-9-4-2-1-3-5-9/h1-5,12H,6-8H2,(H,11,13). The molecular weight excluding hydrogens is 214 g/mol. The molecule has 0 radical (unpaired) electrons. The van der Waals surface area contributed by atoms with Crippen LogP contribution in [-0.4, -0.2) is 24.7 Å². The van der Waals surface area contributed by atoms with Crippen molar-refractivity contribution in [3.05, 3.63) is 35.9 Å². The topological polar surface area (TPSA) is 77.0 Å². The third-order valence-corrected chi connectivity index (χ3v) is 1.62. The van der Waals surface area contributed by atoms with Gasteiger partial charge in [-0.3, -0.25) is 5.32 Å². The Morgan fingerprint density at radius 1 is 1.25 bits per heavy atom. The number of benzene rings is 1. The first kappa shape index (κ1) is 12.4. The molecule has 0 aliphatic carbocycles. The van der Waals surface area contributed by atoms with Crippen LogP contribution in [0.4, 0.5) is 4.79 Å².